The van der Waals surface area contributed by atoms with Gasteiger partial charge < -0.3 is 19.5 Å². The number of benzene rings is 2. The first-order chi connectivity index (χ1) is 12.1. The van der Waals surface area contributed by atoms with Gasteiger partial charge in [-0.2, -0.15) is 0 Å². The van der Waals surface area contributed by atoms with E-state index in [4.69, 9.17) is 4.74 Å². The summed E-state index contributed by atoms with van der Waals surface area (Å²) >= 11 is 0. The number of nitrogens with zero attached hydrogens (tertiary/aromatic N) is 1. The fourth-order valence-corrected chi connectivity index (χ4v) is 3.98. The second kappa shape index (κ2) is 9.28. The number of fused-ring (bicyclic) bond motifs is 1. The summed E-state index contributed by atoms with van der Waals surface area (Å²) in [5, 5.41) is 10.9. The predicted octanol–water partition coefficient (Wildman–Crippen LogP) is -0.925. The molecule has 4 nitrogen and oxygen atoms in total. The molecule has 0 saturated carbocycles. The van der Waals surface area contributed by atoms with Gasteiger partial charge in [-0.15, -0.1) is 0 Å². The molecule has 132 valence electrons. The molecule has 0 aliphatic heterocycles. The molecule has 1 aliphatic rings. The van der Waals surface area contributed by atoms with Crippen LogP contribution in [0.15, 0.2) is 48.5 Å². The first-order valence-electron chi connectivity index (χ1n) is 8.68. The molecule has 2 aromatic carbocycles. The van der Waals surface area contributed by atoms with E-state index in [2.05, 4.69) is 36.4 Å². The largest absolute Gasteiger partial charge is 1.00 e. The van der Waals surface area contributed by atoms with Crippen LogP contribution in [0, 0.1) is 5.92 Å². The molecular weight excluding hydrogens is 321 g/mol. The molecule has 2 atom stereocenters. The van der Waals surface area contributed by atoms with Gasteiger partial charge in [0.25, 0.3) is 0 Å². The molecule has 0 N–H and O–H groups in total. The summed E-state index contributed by atoms with van der Waals surface area (Å²) in [5.74, 6) is 0.491. The fraction of sp³-hybridized carbons (Fsp3) is 0.381. The number of likely N-dealkylation sites (N-methyl/N-ethyl adjacent to an activating group) is 1. The average molecular weight is 345 g/mol. The van der Waals surface area contributed by atoms with Crippen LogP contribution in [0.25, 0.3) is 0 Å². The third-order valence-corrected chi connectivity index (χ3v) is 5.04. The van der Waals surface area contributed by atoms with E-state index >= 15 is 0 Å². The van der Waals surface area contributed by atoms with E-state index in [1.54, 1.807) is 7.11 Å². The molecule has 0 aromatic heterocycles. The summed E-state index contributed by atoms with van der Waals surface area (Å²) in [7, 11) is 3.54. The number of hydrogen-bond donors (Lipinski definition) is 0. The first-order valence-corrected chi connectivity index (χ1v) is 8.68. The number of methoxy groups -OCH3 is 1. The third-order valence-electron chi connectivity index (χ3n) is 5.04. The van der Waals surface area contributed by atoms with Crippen LogP contribution in [0.3, 0.4) is 0 Å². The fourth-order valence-electron chi connectivity index (χ4n) is 3.98. The maximum Gasteiger partial charge on any atom is 1.00 e. The molecule has 26 heavy (non-hydrogen) atoms. The number of ether oxygens (including phenoxy) is 1. The molecule has 0 radical (unpaired) electrons. The van der Waals surface area contributed by atoms with Gasteiger partial charge in [0, 0.05) is 19.0 Å². The van der Waals surface area contributed by atoms with Crippen LogP contribution < -0.4 is 28.7 Å². The molecule has 3 rings (SSSR count). The van der Waals surface area contributed by atoms with Gasteiger partial charge in [0.15, 0.2) is 0 Å². The molecule has 0 amide bonds. The number of hydrogen-bond acceptors (Lipinski definition) is 4. The van der Waals surface area contributed by atoms with E-state index in [1.807, 2.05) is 24.1 Å². The Morgan fingerprint density at radius 3 is 2.62 bits per heavy atom. The molecule has 0 bridgehead atoms. The Bertz CT molecular complexity index is 735. The molecule has 0 saturated heterocycles. The van der Waals surface area contributed by atoms with Gasteiger partial charge in [0.1, 0.15) is 5.75 Å². The SMILES string of the molecule is COc1ccc2c(c1)CCC(CN(C)CC(=O)[O-])C2c1ccccc1.[Li+]. The summed E-state index contributed by atoms with van der Waals surface area (Å²) in [6.45, 7) is 0.701. The monoisotopic (exact) mass is 345 g/mol. The van der Waals surface area contributed by atoms with Gasteiger partial charge in [-0.1, -0.05) is 36.4 Å². The van der Waals surface area contributed by atoms with Crippen molar-refractivity contribution in [1.82, 2.24) is 4.90 Å². The van der Waals surface area contributed by atoms with Crippen molar-refractivity contribution in [1.29, 1.82) is 0 Å². The Morgan fingerprint density at radius 2 is 1.96 bits per heavy atom. The standard InChI is InChI=1S/C21H25NO3.Li/c1-22(14-20(23)24)13-17-9-8-16-12-18(25-2)10-11-19(16)21(17)15-6-4-3-5-7-15;/h3-7,10-12,17,21H,8-9,13-14H2,1-2H3,(H,23,24);/q;+1/p-1. The van der Waals surface area contributed by atoms with Gasteiger partial charge in [-0.25, -0.2) is 0 Å². The van der Waals surface area contributed by atoms with Crippen molar-refractivity contribution >= 4 is 5.97 Å². The van der Waals surface area contributed by atoms with Crippen LogP contribution in [-0.2, 0) is 11.2 Å². The van der Waals surface area contributed by atoms with Crippen LogP contribution in [0.2, 0.25) is 0 Å². The van der Waals surface area contributed by atoms with E-state index in [1.165, 1.54) is 16.7 Å². The van der Waals surface area contributed by atoms with Crippen molar-refractivity contribution in [2.24, 2.45) is 5.92 Å². The molecule has 5 heteroatoms. The van der Waals surface area contributed by atoms with Crippen LogP contribution in [0.5, 0.6) is 5.75 Å². The van der Waals surface area contributed by atoms with Gasteiger partial charge in [-0.3, -0.25) is 0 Å². The van der Waals surface area contributed by atoms with Crippen molar-refractivity contribution in [3.63, 3.8) is 0 Å². The summed E-state index contributed by atoms with van der Waals surface area (Å²) in [6.07, 6.45) is 2.01. The number of carbonyl (C=O) groups is 1. The molecule has 0 heterocycles. The van der Waals surface area contributed by atoms with E-state index < -0.39 is 5.97 Å². The zero-order valence-corrected chi connectivity index (χ0v) is 15.8. The van der Waals surface area contributed by atoms with Crippen LogP contribution in [0.1, 0.15) is 29.0 Å². The van der Waals surface area contributed by atoms with Crippen LogP contribution >= 0.6 is 0 Å². The number of aliphatic carboxylic acids is 1. The average Bonchev–Trinajstić information content (AvgIpc) is 2.61. The number of rotatable bonds is 6. The Kier molecular flexibility index (Phi) is 7.34. The minimum Gasteiger partial charge on any atom is -0.549 e. The maximum atomic E-state index is 10.9. The summed E-state index contributed by atoms with van der Waals surface area (Å²) in [4.78, 5) is 12.8. The number of aryl methyl sites for hydroxylation is 1. The number of carbonyl (C=O) groups excluding carboxylic acids is 1. The van der Waals surface area contributed by atoms with E-state index in [9.17, 15) is 9.90 Å². The quantitative estimate of drug-likeness (QED) is 0.635. The summed E-state index contributed by atoms with van der Waals surface area (Å²) in [6, 6.07) is 16.8. The molecular formula is C21H24LiNO3. The minimum absolute atomic E-state index is 0. The van der Waals surface area contributed by atoms with Crippen molar-refractivity contribution in [2.45, 2.75) is 18.8 Å². The van der Waals surface area contributed by atoms with Crippen LogP contribution in [0.4, 0.5) is 0 Å². The number of carboxylic acids is 1. The first kappa shape index (κ1) is 20.6. The zero-order chi connectivity index (χ0) is 17.8. The molecule has 0 spiro atoms. The number of carboxylic acid groups (broad SMARTS) is 1. The molecule has 2 aromatic rings. The normalized spacial score (nSPS) is 18.7. The Morgan fingerprint density at radius 1 is 1.23 bits per heavy atom. The van der Waals surface area contributed by atoms with E-state index in [-0.39, 0.29) is 31.3 Å². The maximum absolute atomic E-state index is 10.9. The molecule has 1 aliphatic carbocycles. The van der Waals surface area contributed by atoms with Crippen molar-refractivity contribution in [3.05, 3.63) is 65.2 Å². The smallest absolute Gasteiger partial charge is 0.549 e. The van der Waals surface area contributed by atoms with Crippen molar-refractivity contribution in [2.75, 3.05) is 27.2 Å². The predicted molar refractivity (Wildman–Crippen MR) is 95.6 cm³/mol. The zero-order valence-electron chi connectivity index (χ0n) is 15.8. The summed E-state index contributed by atoms with van der Waals surface area (Å²) in [5.41, 5.74) is 3.93. The minimum atomic E-state index is -1.03. The van der Waals surface area contributed by atoms with E-state index in [0.29, 0.717) is 5.92 Å². The Labute approximate surface area is 167 Å². The Hall–Kier alpha value is -1.73. The van der Waals surface area contributed by atoms with Gasteiger partial charge >= 0.3 is 18.9 Å². The van der Waals surface area contributed by atoms with Gasteiger partial charge in [-0.05, 0) is 54.6 Å². The second-order valence-electron chi connectivity index (χ2n) is 6.82. The topological polar surface area (TPSA) is 52.6 Å². The molecule has 2 unspecified atom stereocenters. The summed E-state index contributed by atoms with van der Waals surface area (Å²) < 4.78 is 5.38. The van der Waals surface area contributed by atoms with Crippen molar-refractivity contribution < 1.29 is 33.5 Å². The third kappa shape index (κ3) is 4.70. The van der Waals surface area contributed by atoms with Crippen LogP contribution in [-0.4, -0.2) is 38.1 Å². The molecule has 0 fully saturated rings. The van der Waals surface area contributed by atoms with Crippen molar-refractivity contribution in [3.8, 4) is 5.75 Å². The van der Waals surface area contributed by atoms with Gasteiger partial charge in [0.05, 0.1) is 13.1 Å². The van der Waals surface area contributed by atoms with E-state index in [0.717, 1.165) is 25.1 Å². The van der Waals surface area contributed by atoms with Gasteiger partial charge in [0.2, 0.25) is 0 Å². The second-order valence-corrected chi connectivity index (χ2v) is 6.82. The Balaban J connectivity index is 0.00000243.